The summed E-state index contributed by atoms with van der Waals surface area (Å²) in [4.78, 5) is 25.1. The molecule has 0 spiro atoms. The fourth-order valence-corrected chi connectivity index (χ4v) is 5.20. The van der Waals surface area contributed by atoms with Crippen molar-refractivity contribution >= 4 is 11.8 Å². The van der Waals surface area contributed by atoms with Crippen molar-refractivity contribution in [3.8, 4) is 0 Å². The second-order valence-electron chi connectivity index (χ2n) is 7.75. The molecule has 29 heavy (non-hydrogen) atoms. The number of carbonyl (C=O) groups excluding carboxylic acids is 2. The maximum atomic E-state index is 12.6. The lowest BCUT2D eigenvalue weighted by Gasteiger charge is -2.54. The summed E-state index contributed by atoms with van der Waals surface area (Å²) in [5.41, 5.74) is -0.0743. The quantitative estimate of drug-likeness (QED) is 0.710. The Morgan fingerprint density at radius 3 is 2.62 bits per heavy atom. The Kier molecular flexibility index (Phi) is 4.12. The minimum atomic E-state index is -1.55. The van der Waals surface area contributed by atoms with Crippen LogP contribution in [0.2, 0.25) is 0 Å². The van der Waals surface area contributed by atoms with E-state index >= 15 is 0 Å². The van der Waals surface area contributed by atoms with E-state index in [2.05, 4.69) is 0 Å². The van der Waals surface area contributed by atoms with Gasteiger partial charge in [0.05, 0.1) is 18.6 Å². The lowest BCUT2D eigenvalue weighted by Crippen LogP contribution is -2.70. The summed E-state index contributed by atoms with van der Waals surface area (Å²) in [5.74, 6) is -1.87. The number of ether oxygens (including phenoxy) is 6. The first kappa shape index (κ1) is 18.7. The van der Waals surface area contributed by atoms with Crippen LogP contribution in [0.25, 0.3) is 0 Å². The number of hydrogen-bond acceptors (Lipinski definition) is 8. The molecule has 0 aliphatic carbocycles. The number of hydrogen-bond donors (Lipinski definition) is 0. The SMILES string of the molecule is CO[C@H]1O[C@@H]2COC(c3ccccc3)O[C@H]2[C@]23OC(=O)C[C@]12C(C(C)=O)=C(C)O3. The molecule has 0 amide bonds. The Morgan fingerprint density at radius 1 is 1.17 bits per heavy atom. The van der Waals surface area contributed by atoms with Gasteiger partial charge in [-0.25, -0.2) is 0 Å². The van der Waals surface area contributed by atoms with Crippen molar-refractivity contribution in [3.05, 3.63) is 47.2 Å². The van der Waals surface area contributed by atoms with Gasteiger partial charge in [0.25, 0.3) is 5.79 Å². The highest BCUT2D eigenvalue weighted by Gasteiger charge is 2.81. The van der Waals surface area contributed by atoms with Crippen LogP contribution in [0, 0.1) is 5.41 Å². The summed E-state index contributed by atoms with van der Waals surface area (Å²) in [5, 5.41) is 0. The molecule has 0 bridgehead atoms. The molecule has 8 heteroatoms. The zero-order valence-electron chi connectivity index (χ0n) is 16.4. The molecule has 1 aromatic carbocycles. The van der Waals surface area contributed by atoms with Crippen molar-refractivity contribution in [2.45, 2.75) is 50.8 Å². The fourth-order valence-electron chi connectivity index (χ4n) is 5.20. The standard InChI is InChI=1S/C21H22O8/c1-11(22)16-12(2)28-21-17-14(10-25-18(27-17)13-7-5-4-6-8-13)26-19(24-3)20(16,21)9-15(23)29-21/h4-8,14,17-19H,9-10H2,1-3H3/t14-,17-,18?,19+,20+,21+/m1/s1. The van der Waals surface area contributed by atoms with Gasteiger partial charge < -0.3 is 28.4 Å². The highest BCUT2D eigenvalue weighted by molar-refractivity contribution is 5.98. The lowest BCUT2D eigenvalue weighted by atomic mass is 9.67. The number of esters is 1. The van der Waals surface area contributed by atoms with Gasteiger partial charge in [-0.1, -0.05) is 30.3 Å². The average Bonchev–Trinajstić information content (AvgIpc) is 3.13. The van der Waals surface area contributed by atoms with E-state index < -0.39 is 42.0 Å². The monoisotopic (exact) mass is 402 g/mol. The van der Waals surface area contributed by atoms with Crippen molar-refractivity contribution in [2.75, 3.05) is 13.7 Å². The molecule has 8 nitrogen and oxygen atoms in total. The van der Waals surface area contributed by atoms with E-state index in [4.69, 9.17) is 28.4 Å². The maximum absolute atomic E-state index is 12.6. The van der Waals surface area contributed by atoms with E-state index in [1.807, 2.05) is 30.3 Å². The second-order valence-corrected chi connectivity index (χ2v) is 7.75. The van der Waals surface area contributed by atoms with Crippen LogP contribution in [0.4, 0.5) is 0 Å². The van der Waals surface area contributed by atoms with Gasteiger partial charge >= 0.3 is 5.97 Å². The first-order valence-electron chi connectivity index (χ1n) is 9.56. The van der Waals surface area contributed by atoms with Gasteiger partial charge in [0.15, 0.2) is 24.5 Å². The molecule has 5 rings (SSSR count). The Bertz CT molecular complexity index is 895. The van der Waals surface area contributed by atoms with E-state index in [0.717, 1.165) is 5.56 Å². The molecule has 1 aromatic rings. The van der Waals surface area contributed by atoms with Crippen LogP contribution < -0.4 is 0 Å². The van der Waals surface area contributed by atoms with Gasteiger partial charge in [-0.05, 0) is 13.8 Å². The van der Waals surface area contributed by atoms with Crippen LogP contribution in [0.5, 0.6) is 0 Å². The van der Waals surface area contributed by atoms with Gasteiger partial charge in [-0.3, -0.25) is 9.59 Å². The minimum absolute atomic E-state index is 0.0960. The lowest BCUT2D eigenvalue weighted by molar-refractivity contribution is -0.418. The van der Waals surface area contributed by atoms with Gasteiger partial charge in [-0.15, -0.1) is 0 Å². The van der Waals surface area contributed by atoms with Crippen molar-refractivity contribution in [1.82, 2.24) is 0 Å². The Morgan fingerprint density at radius 2 is 1.93 bits per heavy atom. The second kappa shape index (κ2) is 6.37. The van der Waals surface area contributed by atoms with Crippen LogP contribution in [-0.4, -0.2) is 49.8 Å². The number of fused-ring (bicyclic) bond motifs is 1. The molecule has 4 aliphatic heterocycles. The van der Waals surface area contributed by atoms with Crippen LogP contribution in [-0.2, 0) is 38.0 Å². The third-order valence-corrected chi connectivity index (χ3v) is 6.15. The molecule has 6 atom stereocenters. The van der Waals surface area contributed by atoms with Crippen molar-refractivity contribution in [3.63, 3.8) is 0 Å². The maximum Gasteiger partial charge on any atom is 0.310 e. The molecule has 4 heterocycles. The predicted octanol–water partition coefficient (Wildman–Crippen LogP) is 1.99. The number of methoxy groups -OCH3 is 1. The Hall–Kier alpha value is -2.26. The normalized spacial score (nSPS) is 40.6. The van der Waals surface area contributed by atoms with Crippen molar-refractivity contribution < 1.29 is 38.0 Å². The first-order valence-corrected chi connectivity index (χ1v) is 9.56. The molecule has 0 N–H and O–H groups in total. The molecule has 3 fully saturated rings. The summed E-state index contributed by atoms with van der Waals surface area (Å²) in [6.45, 7) is 3.32. The smallest absolute Gasteiger partial charge is 0.310 e. The van der Waals surface area contributed by atoms with Crippen LogP contribution >= 0.6 is 0 Å². The molecule has 0 saturated carbocycles. The van der Waals surface area contributed by atoms with E-state index in [1.165, 1.54) is 14.0 Å². The first-order chi connectivity index (χ1) is 13.9. The predicted molar refractivity (Wildman–Crippen MR) is 96.0 cm³/mol. The summed E-state index contributed by atoms with van der Waals surface area (Å²) in [7, 11) is 1.47. The number of Topliss-reactive ketones (excluding diaryl/α,β-unsaturated/α-hetero) is 1. The highest BCUT2D eigenvalue weighted by Crippen LogP contribution is 2.65. The summed E-state index contributed by atoms with van der Waals surface area (Å²) < 4.78 is 35.9. The van der Waals surface area contributed by atoms with Crippen molar-refractivity contribution in [2.24, 2.45) is 5.41 Å². The average molecular weight is 402 g/mol. The van der Waals surface area contributed by atoms with Crippen LogP contribution in [0.1, 0.15) is 32.1 Å². The number of rotatable bonds is 3. The summed E-state index contributed by atoms with van der Waals surface area (Å²) in [6.07, 6.45) is -3.10. The number of benzene rings is 1. The van der Waals surface area contributed by atoms with Gasteiger partial charge in [0, 0.05) is 12.7 Å². The Labute approximate surface area is 167 Å². The van der Waals surface area contributed by atoms with Gasteiger partial charge in [0.2, 0.25) is 0 Å². The third-order valence-electron chi connectivity index (χ3n) is 6.15. The number of carbonyl (C=O) groups is 2. The van der Waals surface area contributed by atoms with Gasteiger partial charge in [0.1, 0.15) is 17.3 Å². The molecule has 0 radical (unpaired) electrons. The van der Waals surface area contributed by atoms with Crippen LogP contribution in [0.3, 0.4) is 0 Å². The molecular weight excluding hydrogens is 380 g/mol. The zero-order chi connectivity index (χ0) is 20.4. The fraction of sp³-hybridized carbons (Fsp3) is 0.524. The number of allylic oxidation sites excluding steroid dienone is 1. The molecule has 154 valence electrons. The number of ketones is 1. The largest absolute Gasteiger partial charge is 0.453 e. The topological polar surface area (TPSA) is 89.5 Å². The van der Waals surface area contributed by atoms with E-state index in [-0.39, 0.29) is 18.8 Å². The highest BCUT2D eigenvalue weighted by atomic mass is 16.8. The summed E-state index contributed by atoms with van der Waals surface area (Å²) >= 11 is 0. The molecule has 3 saturated heterocycles. The van der Waals surface area contributed by atoms with E-state index in [0.29, 0.717) is 11.3 Å². The molecular formula is C21H22O8. The van der Waals surface area contributed by atoms with Crippen molar-refractivity contribution in [1.29, 1.82) is 0 Å². The minimum Gasteiger partial charge on any atom is -0.453 e. The van der Waals surface area contributed by atoms with E-state index in [9.17, 15) is 9.59 Å². The van der Waals surface area contributed by atoms with Crippen LogP contribution in [0.15, 0.2) is 41.7 Å². The molecule has 4 aliphatic rings. The third kappa shape index (κ3) is 2.34. The van der Waals surface area contributed by atoms with Gasteiger partial charge in [-0.2, -0.15) is 0 Å². The zero-order valence-corrected chi connectivity index (χ0v) is 16.4. The summed E-state index contributed by atoms with van der Waals surface area (Å²) in [6, 6.07) is 9.44. The van der Waals surface area contributed by atoms with E-state index in [1.54, 1.807) is 6.92 Å². The Balaban J connectivity index is 1.62. The molecule has 1 unspecified atom stereocenters. The molecule has 0 aromatic heterocycles.